The first-order valence-corrected chi connectivity index (χ1v) is 6.75. The van der Waals surface area contributed by atoms with Crippen molar-refractivity contribution in [1.82, 2.24) is 25.1 Å². The van der Waals surface area contributed by atoms with Crippen molar-refractivity contribution in [3.8, 4) is 5.69 Å². The summed E-state index contributed by atoms with van der Waals surface area (Å²) >= 11 is 5.88. The highest BCUT2D eigenvalue weighted by Gasteiger charge is 2.08. The van der Waals surface area contributed by atoms with E-state index in [1.54, 1.807) is 4.68 Å². The van der Waals surface area contributed by atoms with Crippen LogP contribution in [0.25, 0.3) is 11.8 Å². The van der Waals surface area contributed by atoms with Crippen LogP contribution in [0.2, 0.25) is 5.02 Å². The Morgan fingerprint density at radius 2 is 1.90 bits per heavy atom. The predicted octanol–water partition coefficient (Wildman–Crippen LogP) is 1.62. The molecular formula is C13H14ClN5O. The summed E-state index contributed by atoms with van der Waals surface area (Å²) in [6, 6.07) is 7.39. The fourth-order valence-corrected chi connectivity index (χ4v) is 2.09. The van der Waals surface area contributed by atoms with Crippen LogP contribution in [0.1, 0.15) is 5.82 Å². The van der Waals surface area contributed by atoms with E-state index in [4.69, 9.17) is 16.3 Å². The molecule has 0 saturated carbocycles. The molecule has 104 valence electrons. The van der Waals surface area contributed by atoms with Crippen molar-refractivity contribution in [2.75, 3.05) is 26.3 Å². The topological polar surface area (TPSA) is 56.1 Å². The Hall–Kier alpha value is -1.92. The van der Waals surface area contributed by atoms with Gasteiger partial charge in [0.05, 0.1) is 18.9 Å². The van der Waals surface area contributed by atoms with Gasteiger partial charge in [0.2, 0.25) is 0 Å². The minimum Gasteiger partial charge on any atom is -0.378 e. The lowest BCUT2D eigenvalue weighted by Crippen LogP contribution is -2.31. The van der Waals surface area contributed by atoms with Crippen LogP contribution < -0.4 is 0 Å². The molecule has 1 aromatic heterocycles. The fraction of sp³-hybridized carbons (Fsp3) is 0.308. The Bertz CT molecular complexity index is 589. The minimum atomic E-state index is 0.679. The molecule has 0 N–H and O–H groups in total. The van der Waals surface area contributed by atoms with E-state index in [9.17, 15) is 0 Å². The Labute approximate surface area is 121 Å². The van der Waals surface area contributed by atoms with Crippen molar-refractivity contribution in [1.29, 1.82) is 0 Å². The molecule has 3 rings (SSSR count). The molecule has 0 spiro atoms. The van der Waals surface area contributed by atoms with Crippen molar-refractivity contribution in [3.63, 3.8) is 0 Å². The maximum atomic E-state index is 5.88. The summed E-state index contributed by atoms with van der Waals surface area (Å²) in [7, 11) is 0. The number of tetrazole rings is 1. The third kappa shape index (κ3) is 2.97. The molecule has 1 fully saturated rings. The number of aromatic nitrogens is 4. The number of morpholine rings is 1. The van der Waals surface area contributed by atoms with Gasteiger partial charge >= 0.3 is 0 Å². The summed E-state index contributed by atoms with van der Waals surface area (Å²) in [6.07, 6.45) is 3.90. The quantitative estimate of drug-likeness (QED) is 0.860. The molecule has 7 heteroatoms. The third-order valence-electron chi connectivity index (χ3n) is 3.04. The molecular weight excluding hydrogens is 278 g/mol. The van der Waals surface area contributed by atoms with E-state index in [0.717, 1.165) is 32.0 Å². The van der Waals surface area contributed by atoms with Crippen molar-refractivity contribution >= 4 is 17.7 Å². The van der Waals surface area contributed by atoms with E-state index in [0.29, 0.717) is 10.8 Å². The lowest BCUT2D eigenvalue weighted by atomic mass is 10.3. The second kappa shape index (κ2) is 6.02. The van der Waals surface area contributed by atoms with E-state index >= 15 is 0 Å². The van der Waals surface area contributed by atoms with Gasteiger partial charge in [-0.1, -0.05) is 11.6 Å². The highest BCUT2D eigenvalue weighted by molar-refractivity contribution is 6.30. The Morgan fingerprint density at radius 1 is 1.15 bits per heavy atom. The molecule has 1 saturated heterocycles. The second-order valence-electron chi connectivity index (χ2n) is 4.39. The smallest absolute Gasteiger partial charge is 0.181 e. The molecule has 0 bridgehead atoms. The number of ether oxygens (including phenoxy) is 1. The summed E-state index contributed by atoms with van der Waals surface area (Å²) in [6.45, 7) is 3.29. The van der Waals surface area contributed by atoms with Crippen LogP contribution in [0, 0.1) is 0 Å². The van der Waals surface area contributed by atoms with E-state index < -0.39 is 0 Å². The van der Waals surface area contributed by atoms with Crippen molar-refractivity contribution in [3.05, 3.63) is 41.3 Å². The normalized spacial score (nSPS) is 15.9. The standard InChI is InChI=1S/C13H14ClN5O/c14-11-1-3-12(4-2-11)19-13(15-16-17-19)5-6-18-7-9-20-10-8-18/h1-6H,7-10H2. The van der Waals surface area contributed by atoms with E-state index in [1.165, 1.54) is 0 Å². The highest BCUT2D eigenvalue weighted by Crippen LogP contribution is 2.14. The molecule has 2 aromatic rings. The van der Waals surface area contributed by atoms with Crippen LogP contribution in [0.4, 0.5) is 0 Å². The fourth-order valence-electron chi connectivity index (χ4n) is 1.96. The first-order valence-electron chi connectivity index (χ1n) is 6.37. The number of rotatable bonds is 3. The molecule has 1 aliphatic rings. The summed E-state index contributed by atoms with van der Waals surface area (Å²) in [5.74, 6) is 0.679. The number of hydrogen-bond donors (Lipinski definition) is 0. The summed E-state index contributed by atoms with van der Waals surface area (Å²) < 4.78 is 6.98. The van der Waals surface area contributed by atoms with Crippen LogP contribution >= 0.6 is 11.6 Å². The minimum absolute atomic E-state index is 0.679. The Kier molecular flexibility index (Phi) is 3.94. The SMILES string of the molecule is Clc1ccc(-n2nnnc2C=CN2CCOCC2)cc1. The van der Waals surface area contributed by atoms with Crippen LogP contribution in [0.3, 0.4) is 0 Å². The molecule has 6 nitrogen and oxygen atoms in total. The lowest BCUT2D eigenvalue weighted by Gasteiger charge is -2.24. The van der Waals surface area contributed by atoms with Gasteiger partial charge in [0.15, 0.2) is 5.82 Å². The largest absolute Gasteiger partial charge is 0.378 e. The van der Waals surface area contributed by atoms with E-state index in [-0.39, 0.29) is 0 Å². The number of hydrogen-bond acceptors (Lipinski definition) is 5. The van der Waals surface area contributed by atoms with Crippen molar-refractivity contribution < 1.29 is 4.74 Å². The van der Waals surface area contributed by atoms with Gasteiger partial charge in [-0.2, -0.15) is 4.68 Å². The van der Waals surface area contributed by atoms with Gasteiger partial charge in [0, 0.05) is 30.4 Å². The van der Waals surface area contributed by atoms with Crippen molar-refractivity contribution in [2.45, 2.75) is 0 Å². The van der Waals surface area contributed by atoms with Gasteiger partial charge < -0.3 is 9.64 Å². The lowest BCUT2D eigenvalue weighted by molar-refractivity contribution is 0.0597. The Balaban J connectivity index is 1.79. The van der Waals surface area contributed by atoms with Crippen LogP contribution in [0.15, 0.2) is 30.5 Å². The van der Waals surface area contributed by atoms with Gasteiger partial charge in [-0.05, 0) is 34.7 Å². The molecule has 0 unspecified atom stereocenters. The molecule has 1 aromatic carbocycles. The average molecular weight is 292 g/mol. The summed E-state index contributed by atoms with van der Waals surface area (Å²) in [4.78, 5) is 2.18. The van der Waals surface area contributed by atoms with Gasteiger partial charge in [-0.25, -0.2) is 0 Å². The van der Waals surface area contributed by atoms with Crippen LogP contribution in [-0.2, 0) is 4.74 Å². The van der Waals surface area contributed by atoms with Crippen molar-refractivity contribution in [2.24, 2.45) is 0 Å². The van der Waals surface area contributed by atoms with Gasteiger partial charge in [-0.15, -0.1) is 5.10 Å². The van der Waals surface area contributed by atoms with Gasteiger partial charge in [0.25, 0.3) is 0 Å². The second-order valence-corrected chi connectivity index (χ2v) is 4.83. The first-order chi connectivity index (χ1) is 9.83. The number of halogens is 1. The molecule has 0 amide bonds. The van der Waals surface area contributed by atoms with E-state index in [2.05, 4.69) is 20.4 Å². The third-order valence-corrected chi connectivity index (χ3v) is 3.30. The average Bonchev–Trinajstić information content (AvgIpc) is 2.95. The highest BCUT2D eigenvalue weighted by atomic mass is 35.5. The molecule has 0 atom stereocenters. The van der Waals surface area contributed by atoms with E-state index in [1.807, 2.05) is 36.5 Å². The zero-order chi connectivity index (χ0) is 13.8. The number of nitrogens with zero attached hydrogens (tertiary/aromatic N) is 5. The molecule has 0 aliphatic carbocycles. The zero-order valence-electron chi connectivity index (χ0n) is 10.8. The zero-order valence-corrected chi connectivity index (χ0v) is 11.6. The predicted molar refractivity (Wildman–Crippen MR) is 75.6 cm³/mol. The summed E-state index contributed by atoms with van der Waals surface area (Å²) in [5, 5.41) is 12.4. The van der Waals surface area contributed by atoms with Gasteiger partial charge in [-0.3, -0.25) is 0 Å². The molecule has 2 heterocycles. The summed E-state index contributed by atoms with van der Waals surface area (Å²) in [5.41, 5.74) is 0.876. The molecule has 0 radical (unpaired) electrons. The first kappa shape index (κ1) is 13.1. The monoisotopic (exact) mass is 291 g/mol. The number of benzene rings is 1. The van der Waals surface area contributed by atoms with Crippen LogP contribution in [-0.4, -0.2) is 51.4 Å². The van der Waals surface area contributed by atoms with Gasteiger partial charge in [0.1, 0.15) is 0 Å². The molecule has 1 aliphatic heterocycles. The van der Waals surface area contributed by atoms with Crippen LogP contribution in [0.5, 0.6) is 0 Å². The maximum Gasteiger partial charge on any atom is 0.181 e. The Morgan fingerprint density at radius 3 is 2.65 bits per heavy atom. The maximum absolute atomic E-state index is 5.88. The molecule has 20 heavy (non-hydrogen) atoms.